The van der Waals surface area contributed by atoms with E-state index in [0.717, 1.165) is 0 Å². The van der Waals surface area contributed by atoms with Gasteiger partial charge in [-0.05, 0) is 12.8 Å². The average molecular weight is 212 g/mol. The molecule has 0 aliphatic rings. The van der Waals surface area contributed by atoms with E-state index in [4.69, 9.17) is 0 Å². The maximum absolute atomic E-state index is 9.92. The van der Waals surface area contributed by atoms with Crippen molar-refractivity contribution in [2.45, 2.75) is 25.0 Å². The lowest BCUT2D eigenvalue weighted by atomic mass is 9.73. The third-order valence-corrected chi connectivity index (χ3v) is 2.65. The molecular weight excluding hydrogens is 192 g/mol. The Morgan fingerprint density at radius 2 is 1.27 bits per heavy atom. The summed E-state index contributed by atoms with van der Waals surface area (Å²) in [4.78, 5) is 0. The average Bonchev–Trinajstić information content (AvgIpc) is 2.17. The Balaban J connectivity index is 5.08. The fourth-order valence-corrected chi connectivity index (χ4v) is 1.64. The Labute approximate surface area is 91.1 Å². The van der Waals surface area contributed by atoms with Crippen LogP contribution in [0.4, 0.5) is 0 Å². The molecule has 0 fully saturated rings. The van der Waals surface area contributed by atoms with Crippen molar-refractivity contribution in [3.63, 3.8) is 0 Å². The van der Waals surface area contributed by atoms with Gasteiger partial charge in [0, 0.05) is 6.42 Å². The quantitative estimate of drug-likeness (QED) is 0.421. The van der Waals surface area contributed by atoms with Gasteiger partial charge in [-0.2, -0.15) is 0 Å². The third-order valence-electron chi connectivity index (χ3n) is 2.65. The van der Waals surface area contributed by atoms with Crippen molar-refractivity contribution in [2.75, 3.05) is 6.61 Å². The van der Waals surface area contributed by atoms with Crippen LogP contribution in [0.2, 0.25) is 0 Å². The van der Waals surface area contributed by atoms with E-state index in [2.05, 4.69) is 19.7 Å². The van der Waals surface area contributed by atoms with Crippen molar-refractivity contribution < 1.29 is 15.3 Å². The van der Waals surface area contributed by atoms with E-state index >= 15 is 0 Å². The summed E-state index contributed by atoms with van der Waals surface area (Å²) >= 11 is 0. The smallest absolute Gasteiger partial charge is 0.174 e. The summed E-state index contributed by atoms with van der Waals surface area (Å²) in [6.45, 7) is 10.2. The zero-order chi connectivity index (χ0) is 11.9. The van der Waals surface area contributed by atoms with Crippen molar-refractivity contribution >= 4 is 0 Å². The highest BCUT2D eigenvalue weighted by Crippen LogP contribution is 2.39. The van der Waals surface area contributed by atoms with E-state index in [1.165, 1.54) is 6.08 Å². The van der Waals surface area contributed by atoms with Crippen LogP contribution >= 0.6 is 0 Å². The first-order chi connectivity index (χ1) is 6.99. The number of rotatable bonds is 8. The van der Waals surface area contributed by atoms with E-state index in [-0.39, 0.29) is 13.0 Å². The minimum Gasteiger partial charge on any atom is -0.396 e. The van der Waals surface area contributed by atoms with Crippen molar-refractivity contribution in [1.29, 1.82) is 0 Å². The van der Waals surface area contributed by atoms with Crippen LogP contribution in [0.3, 0.4) is 0 Å². The fraction of sp³-hybridized carbons (Fsp3) is 0.500. The Morgan fingerprint density at radius 3 is 1.53 bits per heavy atom. The summed E-state index contributed by atoms with van der Waals surface area (Å²) in [5.41, 5.74) is -1.05. The molecule has 0 amide bonds. The molecule has 0 rings (SSSR count). The predicted molar refractivity (Wildman–Crippen MR) is 61.1 cm³/mol. The lowest BCUT2D eigenvalue weighted by Crippen LogP contribution is -2.50. The van der Waals surface area contributed by atoms with Gasteiger partial charge in [0.25, 0.3) is 0 Å². The molecule has 0 aromatic carbocycles. The van der Waals surface area contributed by atoms with Crippen LogP contribution < -0.4 is 0 Å². The van der Waals surface area contributed by atoms with Crippen molar-refractivity contribution in [1.82, 2.24) is 0 Å². The van der Waals surface area contributed by atoms with Crippen molar-refractivity contribution in [3.05, 3.63) is 38.0 Å². The number of hydrogen-bond donors (Lipinski definition) is 3. The number of aliphatic hydroxyl groups excluding tert-OH is 1. The fourth-order valence-electron chi connectivity index (χ4n) is 1.64. The minimum atomic E-state index is -1.99. The molecule has 15 heavy (non-hydrogen) atoms. The maximum Gasteiger partial charge on any atom is 0.174 e. The Bertz CT molecular complexity index is 221. The molecule has 0 radical (unpaired) electrons. The predicted octanol–water partition coefficient (Wildman–Crippen LogP) is 1.37. The molecule has 0 aliphatic heterocycles. The van der Waals surface area contributed by atoms with Gasteiger partial charge in [0.2, 0.25) is 0 Å². The number of allylic oxidation sites excluding steroid dienone is 2. The Kier molecular flexibility index (Phi) is 5.50. The number of aliphatic hydroxyl groups is 3. The monoisotopic (exact) mass is 212 g/mol. The van der Waals surface area contributed by atoms with Gasteiger partial charge in [0.1, 0.15) is 0 Å². The third kappa shape index (κ3) is 3.02. The van der Waals surface area contributed by atoms with Gasteiger partial charge in [-0.1, -0.05) is 18.2 Å². The summed E-state index contributed by atoms with van der Waals surface area (Å²) in [7, 11) is 0. The molecular formula is C12H20O3. The normalized spacial score (nSPS) is 12.2. The van der Waals surface area contributed by atoms with Crippen LogP contribution in [0.15, 0.2) is 38.0 Å². The van der Waals surface area contributed by atoms with E-state index in [1.54, 1.807) is 12.2 Å². The van der Waals surface area contributed by atoms with Gasteiger partial charge in [0.15, 0.2) is 5.79 Å². The van der Waals surface area contributed by atoms with E-state index in [9.17, 15) is 15.3 Å². The highest BCUT2D eigenvalue weighted by Gasteiger charge is 2.46. The van der Waals surface area contributed by atoms with E-state index in [1.807, 2.05) is 0 Å². The highest BCUT2D eigenvalue weighted by atomic mass is 16.5. The van der Waals surface area contributed by atoms with E-state index < -0.39 is 11.2 Å². The lowest BCUT2D eigenvalue weighted by Gasteiger charge is -2.41. The van der Waals surface area contributed by atoms with Gasteiger partial charge in [-0.25, -0.2) is 0 Å². The largest absolute Gasteiger partial charge is 0.396 e. The first-order valence-electron chi connectivity index (χ1n) is 4.88. The summed E-state index contributed by atoms with van der Waals surface area (Å²) in [5, 5.41) is 29.2. The molecule has 0 aromatic heterocycles. The molecule has 86 valence electrons. The molecule has 0 atom stereocenters. The molecule has 0 aromatic rings. The molecule has 0 aliphatic carbocycles. The van der Waals surface area contributed by atoms with Gasteiger partial charge >= 0.3 is 0 Å². The van der Waals surface area contributed by atoms with Crippen molar-refractivity contribution in [2.24, 2.45) is 5.41 Å². The maximum atomic E-state index is 9.92. The summed E-state index contributed by atoms with van der Waals surface area (Å²) < 4.78 is 0. The highest BCUT2D eigenvalue weighted by molar-refractivity contribution is 5.01. The Morgan fingerprint density at radius 1 is 0.867 bits per heavy atom. The first-order valence-corrected chi connectivity index (χ1v) is 4.88. The van der Waals surface area contributed by atoms with Gasteiger partial charge in [-0.3, -0.25) is 0 Å². The molecule has 3 heteroatoms. The second-order valence-corrected chi connectivity index (χ2v) is 3.73. The molecule has 0 bridgehead atoms. The molecule has 3 N–H and O–H groups in total. The van der Waals surface area contributed by atoms with Gasteiger partial charge in [-0.15, -0.1) is 19.7 Å². The van der Waals surface area contributed by atoms with Crippen LogP contribution in [0.1, 0.15) is 19.3 Å². The summed E-state index contributed by atoms with van der Waals surface area (Å²) in [6.07, 6.45) is 5.13. The first kappa shape index (κ1) is 14.1. The lowest BCUT2D eigenvalue weighted by molar-refractivity contribution is -0.249. The second kappa shape index (κ2) is 5.85. The standard InChI is InChI=1S/C12H20O3/c1-4-7-11(10-13,8-5-2)12(14,15)9-6-3/h4-6,13-15H,1-3,7-10H2. The zero-order valence-corrected chi connectivity index (χ0v) is 9.02. The minimum absolute atomic E-state index is 0.00472. The molecule has 0 spiro atoms. The van der Waals surface area contributed by atoms with Crippen LogP contribution in [0.25, 0.3) is 0 Å². The zero-order valence-electron chi connectivity index (χ0n) is 9.02. The SMILES string of the molecule is C=CCC(O)(O)C(CO)(CC=C)CC=C. The summed E-state index contributed by atoms with van der Waals surface area (Å²) in [6, 6.07) is 0. The van der Waals surface area contributed by atoms with Crippen LogP contribution in [-0.2, 0) is 0 Å². The Hall–Kier alpha value is -0.900. The topological polar surface area (TPSA) is 60.7 Å². The van der Waals surface area contributed by atoms with Crippen LogP contribution in [0.5, 0.6) is 0 Å². The number of hydrogen-bond acceptors (Lipinski definition) is 3. The van der Waals surface area contributed by atoms with E-state index in [0.29, 0.717) is 12.8 Å². The van der Waals surface area contributed by atoms with Crippen LogP contribution in [-0.4, -0.2) is 27.7 Å². The molecule has 0 unspecified atom stereocenters. The van der Waals surface area contributed by atoms with Crippen LogP contribution in [0, 0.1) is 5.41 Å². The molecule has 3 nitrogen and oxygen atoms in total. The second-order valence-electron chi connectivity index (χ2n) is 3.73. The molecule has 0 saturated heterocycles. The van der Waals surface area contributed by atoms with Crippen molar-refractivity contribution in [3.8, 4) is 0 Å². The summed E-state index contributed by atoms with van der Waals surface area (Å²) in [5.74, 6) is -1.99. The van der Waals surface area contributed by atoms with Gasteiger partial charge in [0.05, 0.1) is 12.0 Å². The molecule has 0 heterocycles. The molecule has 0 saturated carbocycles. The van der Waals surface area contributed by atoms with Gasteiger partial charge < -0.3 is 15.3 Å².